The van der Waals surface area contributed by atoms with Crippen LogP contribution in [0.25, 0.3) is 0 Å². The van der Waals surface area contributed by atoms with E-state index in [0.29, 0.717) is 0 Å². The van der Waals surface area contributed by atoms with Crippen LogP contribution in [0.2, 0.25) is 0 Å². The fourth-order valence-corrected chi connectivity index (χ4v) is 0.334. The first kappa shape index (κ1) is 9.08. The Hall–Kier alpha value is 0.0800. The van der Waals surface area contributed by atoms with Gasteiger partial charge >= 0.3 is 0 Å². The Kier molecular flexibility index (Phi) is 4.96. The highest BCUT2D eigenvalue weighted by molar-refractivity contribution is 6.59. The standard InChI is InChI=1S/C4H3Cl3O2/c5-3(4(6)7)1-9-2-8/h2H,1H2. The predicted octanol–water partition coefficient (Wildman–Crippen LogP) is 2.04. The summed E-state index contributed by atoms with van der Waals surface area (Å²) in [5.41, 5.74) is 0. The van der Waals surface area contributed by atoms with Crippen LogP contribution in [0.15, 0.2) is 9.52 Å². The van der Waals surface area contributed by atoms with E-state index in [4.69, 9.17) is 34.8 Å². The quantitative estimate of drug-likeness (QED) is 0.635. The summed E-state index contributed by atoms with van der Waals surface area (Å²) in [4.78, 5) is 9.54. The van der Waals surface area contributed by atoms with Gasteiger partial charge in [0.05, 0.1) is 5.03 Å². The zero-order valence-corrected chi connectivity index (χ0v) is 6.50. The minimum absolute atomic E-state index is 0.0760. The van der Waals surface area contributed by atoms with E-state index in [1.807, 2.05) is 0 Å². The molecule has 0 aromatic heterocycles. The predicted molar refractivity (Wildman–Crippen MR) is 36.6 cm³/mol. The first-order chi connectivity index (χ1) is 4.18. The van der Waals surface area contributed by atoms with Gasteiger partial charge in [-0.15, -0.1) is 0 Å². The highest BCUT2D eigenvalue weighted by Gasteiger charge is 1.96. The molecule has 0 aliphatic carbocycles. The molecule has 0 saturated carbocycles. The molecule has 0 bridgehead atoms. The molecule has 0 radical (unpaired) electrons. The van der Waals surface area contributed by atoms with Crippen molar-refractivity contribution in [1.29, 1.82) is 0 Å². The van der Waals surface area contributed by atoms with Crippen molar-refractivity contribution in [3.63, 3.8) is 0 Å². The van der Waals surface area contributed by atoms with E-state index in [1.165, 1.54) is 0 Å². The van der Waals surface area contributed by atoms with Gasteiger partial charge in [-0.3, -0.25) is 4.79 Å². The van der Waals surface area contributed by atoms with Gasteiger partial charge in [0.2, 0.25) is 0 Å². The number of ether oxygens (including phenoxy) is 1. The molecule has 0 rings (SSSR count). The van der Waals surface area contributed by atoms with E-state index in [-0.39, 0.29) is 22.6 Å². The zero-order chi connectivity index (χ0) is 7.28. The third kappa shape index (κ3) is 4.58. The number of rotatable bonds is 3. The van der Waals surface area contributed by atoms with Crippen LogP contribution in [0.1, 0.15) is 0 Å². The number of hydrogen-bond acceptors (Lipinski definition) is 2. The summed E-state index contributed by atoms with van der Waals surface area (Å²) in [5, 5.41) is 0.116. The first-order valence-electron chi connectivity index (χ1n) is 1.93. The van der Waals surface area contributed by atoms with Crippen molar-refractivity contribution in [2.75, 3.05) is 6.61 Å². The summed E-state index contributed by atoms with van der Waals surface area (Å²) >= 11 is 15.7. The van der Waals surface area contributed by atoms with Crippen molar-refractivity contribution in [3.05, 3.63) is 9.52 Å². The molecule has 0 aromatic rings. The fourth-order valence-electron chi connectivity index (χ4n) is 0.162. The van der Waals surface area contributed by atoms with Gasteiger partial charge in [-0.05, 0) is 0 Å². The van der Waals surface area contributed by atoms with Gasteiger partial charge in [0.15, 0.2) is 0 Å². The van der Waals surface area contributed by atoms with Crippen molar-refractivity contribution in [3.8, 4) is 0 Å². The summed E-state index contributed by atoms with van der Waals surface area (Å²) in [6, 6.07) is 0. The third-order valence-corrected chi connectivity index (χ3v) is 1.43. The van der Waals surface area contributed by atoms with Crippen molar-refractivity contribution >= 4 is 41.3 Å². The molecule has 2 nitrogen and oxygen atoms in total. The second kappa shape index (κ2) is 4.91. The molecule has 0 aliphatic heterocycles. The van der Waals surface area contributed by atoms with Crippen molar-refractivity contribution in [1.82, 2.24) is 0 Å². The molecule has 5 heteroatoms. The number of hydrogen-bond donors (Lipinski definition) is 0. The number of halogens is 3. The van der Waals surface area contributed by atoms with E-state index in [9.17, 15) is 4.79 Å². The molecular formula is C4H3Cl3O2. The summed E-state index contributed by atoms with van der Waals surface area (Å²) in [6.07, 6.45) is 0. The molecular weight excluding hydrogens is 186 g/mol. The molecule has 0 fully saturated rings. The second-order valence-electron chi connectivity index (χ2n) is 1.07. The Morgan fingerprint density at radius 2 is 2.00 bits per heavy atom. The molecule has 0 amide bonds. The minimum Gasteiger partial charge on any atom is -0.462 e. The molecule has 0 N–H and O–H groups in total. The summed E-state index contributed by atoms with van der Waals surface area (Å²) < 4.78 is 4.13. The molecule has 0 spiro atoms. The number of carbonyl (C=O) groups is 1. The monoisotopic (exact) mass is 188 g/mol. The van der Waals surface area contributed by atoms with Crippen LogP contribution in [-0.4, -0.2) is 13.1 Å². The van der Waals surface area contributed by atoms with Gasteiger partial charge < -0.3 is 4.74 Å². The van der Waals surface area contributed by atoms with Gasteiger partial charge in [-0.25, -0.2) is 0 Å². The van der Waals surface area contributed by atoms with E-state index in [0.717, 1.165) is 0 Å². The lowest BCUT2D eigenvalue weighted by Crippen LogP contribution is -1.90. The average Bonchev–Trinajstić information content (AvgIpc) is 1.82. The van der Waals surface area contributed by atoms with Crippen LogP contribution >= 0.6 is 34.8 Å². The molecule has 0 aliphatic rings. The second-order valence-corrected chi connectivity index (χ2v) is 2.48. The van der Waals surface area contributed by atoms with Gasteiger partial charge in [-0.1, -0.05) is 34.8 Å². The van der Waals surface area contributed by atoms with Crippen molar-refractivity contribution in [2.24, 2.45) is 0 Å². The molecule has 0 unspecified atom stereocenters. The van der Waals surface area contributed by atoms with Gasteiger partial charge in [-0.2, -0.15) is 0 Å². The smallest absolute Gasteiger partial charge is 0.293 e. The van der Waals surface area contributed by atoms with Gasteiger partial charge in [0, 0.05) is 0 Å². The Balaban J connectivity index is 3.62. The molecule has 0 aromatic carbocycles. The average molecular weight is 189 g/mol. The van der Waals surface area contributed by atoms with Crippen LogP contribution in [0.4, 0.5) is 0 Å². The fraction of sp³-hybridized carbons (Fsp3) is 0.250. The molecule has 0 saturated heterocycles. The summed E-state index contributed by atoms with van der Waals surface area (Å²) in [6.45, 7) is 0.187. The lowest BCUT2D eigenvalue weighted by molar-refractivity contribution is -0.127. The topological polar surface area (TPSA) is 26.3 Å². The minimum atomic E-state index is -0.0847. The highest BCUT2D eigenvalue weighted by atomic mass is 35.5. The summed E-state index contributed by atoms with van der Waals surface area (Å²) in [7, 11) is 0. The maximum atomic E-state index is 9.54. The maximum Gasteiger partial charge on any atom is 0.293 e. The molecule has 52 valence electrons. The Labute approximate surface area is 67.3 Å². The van der Waals surface area contributed by atoms with Crippen LogP contribution in [0.3, 0.4) is 0 Å². The van der Waals surface area contributed by atoms with E-state index >= 15 is 0 Å². The Morgan fingerprint density at radius 1 is 1.44 bits per heavy atom. The Morgan fingerprint density at radius 3 is 2.33 bits per heavy atom. The largest absolute Gasteiger partial charge is 0.462 e. The lowest BCUT2D eigenvalue weighted by Gasteiger charge is -1.94. The third-order valence-electron chi connectivity index (χ3n) is 0.483. The van der Waals surface area contributed by atoms with Crippen LogP contribution in [0, 0.1) is 0 Å². The zero-order valence-electron chi connectivity index (χ0n) is 4.23. The Bertz CT molecular complexity index is 128. The van der Waals surface area contributed by atoms with Gasteiger partial charge in [0.1, 0.15) is 11.1 Å². The van der Waals surface area contributed by atoms with Crippen molar-refractivity contribution < 1.29 is 9.53 Å². The number of carbonyl (C=O) groups excluding carboxylic acids is 1. The highest BCUT2D eigenvalue weighted by Crippen LogP contribution is 2.17. The maximum absolute atomic E-state index is 9.54. The van der Waals surface area contributed by atoms with E-state index in [2.05, 4.69) is 4.74 Å². The molecule has 9 heavy (non-hydrogen) atoms. The van der Waals surface area contributed by atoms with Crippen LogP contribution in [0.5, 0.6) is 0 Å². The first-order valence-corrected chi connectivity index (χ1v) is 3.06. The van der Waals surface area contributed by atoms with Crippen LogP contribution < -0.4 is 0 Å². The normalized spacial score (nSPS) is 8.33. The van der Waals surface area contributed by atoms with Crippen molar-refractivity contribution in [2.45, 2.75) is 0 Å². The van der Waals surface area contributed by atoms with Gasteiger partial charge in [0.25, 0.3) is 6.47 Å². The van der Waals surface area contributed by atoms with Crippen LogP contribution in [-0.2, 0) is 9.53 Å². The summed E-state index contributed by atoms with van der Waals surface area (Å²) in [5.74, 6) is 0. The van der Waals surface area contributed by atoms with E-state index < -0.39 is 0 Å². The SMILES string of the molecule is O=COCC(Cl)=C(Cl)Cl. The molecule has 0 atom stereocenters. The van der Waals surface area contributed by atoms with E-state index in [1.54, 1.807) is 0 Å². The molecule has 0 heterocycles. The lowest BCUT2D eigenvalue weighted by atomic mass is 10.7.